The van der Waals surface area contributed by atoms with Gasteiger partial charge in [-0.05, 0) is 35.4 Å². The Hall–Kier alpha value is -1.71. The normalized spacial score (nSPS) is 10.3. The molecule has 0 bridgehead atoms. The molecule has 2 N–H and O–H groups in total. The number of halogens is 1. The average molecular weight is 278 g/mol. The van der Waals surface area contributed by atoms with E-state index in [1.807, 2.05) is 36.4 Å². The molecule has 0 heterocycles. The predicted molar refractivity (Wildman–Crippen MR) is 76.7 cm³/mol. The molecule has 2 aromatic carbocycles. The summed E-state index contributed by atoms with van der Waals surface area (Å²) in [5, 5.41) is 0.630. The molecule has 0 radical (unpaired) electrons. The number of hydrogen-bond donors (Lipinski definition) is 1. The van der Waals surface area contributed by atoms with Gasteiger partial charge in [-0.3, -0.25) is 0 Å². The van der Waals surface area contributed by atoms with E-state index in [1.165, 1.54) is 0 Å². The highest BCUT2D eigenvalue weighted by molar-refractivity contribution is 6.31. The first-order valence-electron chi connectivity index (χ1n) is 5.97. The highest BCUT2D eigenvalue weighted by Gasteiger charge is 2.02. The van der Waals surface area contributed by atoms with Crippen molar-refractivity contribution < 1.29 is 9.47 Å². The van der Waals surface area contributed by atoms with Crippen molar-refractivity contribution >= 4 is 11.6 Å². The molecule has 0 saturated heterocycles. The van der Waals surface area contributed by atoms with Crippen LogP contribution < -0.4 is 15.2 Å². The average Bonchev–Trinajstić information content (AvgIpc) is 2.45. The van der Waals surface area contributed by atoms with E-state index in [-0.39, 0.29) is 0 Å². The van der Waals surface area contributed by atoms with E-state index < -0.39 is 0 Å². The molecule has 0 atom stereocenters. The molecule has 0 aliphatic rings. The summed E-state index contributed by atoms with van der Waals surface area (Å²) in [6.07, 6.45) is 0. The summed E-state index contributed by atoms with van der Waals surface area (Å²) in [5.74, 6) is 1.54. The van der Waals surface area contributed by atoms with Crippen LogP contribution in [-0.2, 0) is 13.2 Å². The van der Waals surface area contributed by atoms with Crippen molar-refractivity contribution in [3.8, 4) is 11.5 Å². The van der Waals surface area contributed by atoms with E-state index in [9.17, 15) is 0 Å². The number of benzene rings is 2. The van der Waals surface area contributed by atoms with Gasteiger partial charge in [0.05, 0.1) is 7.11 Å². The lowest BCUT2D eigenvalue weighted by Gasteiger charge is -2.09. The predicted octanol–water partition coefficient (Wildman–Crippen LogP) is 3.39. The smallest absolute Gasteiger partial charge is 0.121 e. The van der Waals surface area contributed by atoms with Gasteiger partial charge >= 0.3 is 0 Å². The van der Waals surface area contributed by atoms with Crippen LogP contribution in [0.3, 0.4) is 0 Å². The van der Waals surface area contributed by atoms with Crippen LogP contribution in [0.5, 0.6) is 11.5 Å². The Morgan fingerprint density at radius 2 is 1.95 bits per heavy atom. The molecular formula is C15H16ClNO2. The third-order valence-electron chi connectivity index (χ3n) is 2.78. The zero-order chi connectivity index (χ0) is 13.7. The summed E-state index contributed by atoms with van der Waals surface area (Å²) < 4.78 is 10.9. The number of rotatable bonds is 5. The Balaban J connectivity index is 2.03. The van der Waals surface area contributed by atoms with Crippen LogP contribution in [0.2, 0.25) is 5.02 Å². The second-order valence-corrected chi connectivity index (χ2v) is 4.50. The second kappa shape index (κ2) is 6.45. The van der Waals surface area contributed by atoms with Gasteiger partial charge in [-0.25, -0.2) is 0 Å². The third kappa shape index (κ3) is 3.63. The summed E-state index contributed by atoms with van der Waals surface area (Å²) in [4.78, 5) is 0. The Morgan fingerprint density at radius 3 is 2.63 bits per heavy atom. The van der Waals surface area contributed by atoms with Crippen molar-refractivity contribution in [3.63, 3.8) is 0 Å². The summed E-state index contributed by atoms with van der Waals surface area (Å²) in [6, 6.07) is 13.3. The fourth-order valence-corrected chi connectivity index (χ4v) is 1.96. The zero-order valence-corrected chi connectivity index (χ0v) is 11.5. The molecule has 0 unspecified atom stereocenters. The van der Waals surface area contributed by atoms with Crippen LogP contribution in [-0.4, -0.2) is 7.11 Å². The van der Waals surface area contributed by atoms with Gasteiger partial charge in [-0.2, -0.15) is 0 Å². The Labute approximate surface area is 117 Å². The summed E-state index contributed by atoms with van der Waals surface area (Å²) >= 11 is 6.08. The number of methoxy groups -OCH3 is 1. The monoisotopic (exact) mass is 277 g/mol. The molecule has 0 saturated carbocycles. The number of ether oxygens (including phenoxy) is 2. The van der Waals surface area contributed by atoms with Crippen LogP contribution in [0.15, 0.2) is 42.5 Å². The molecule has 100 valence electrons. The van der Waals surface area contributed by atoms with E-state index in [1.54, 1.807) is 13.2 Å². The largest absolute Gasteiger partial charge is 0.497 e. The van der Waals surface area contributed by atoms with Gasteiger partial charge < -0.3 is 15.2 Å². The zero-order valence-electron chi connectivity index (χ0n) is 10.7. The lowest BCUT2D eigenvalue weighted by atomic mass is 10.2. The van der Waals surface area contributed by atoms with Crippen LogP contribution in [0, 0.1) is 0 Å². The molecule has 0 amide bonds. The van der Waals surface area contributed by atoms with Gasteiger partial charge in [-0.15, -0.1) is 0 Å². The van der Waals surface area contributed by atoms with Crippen molar-refractivity contribution in [1.29, 1.82) is 0 Å². The Morgan fingerprint density at radius 1 is 1.11 bits per heavy atom. The fourth-order valence-electron chi connectivity index (χ4n) is 1.71. The summed E-state index contributed by atoms with van der Waals surface area (Å²) in [6.45, 7) is 0.893. The minimum absolute atomic E-state index is 0.426. The molecule has 19 heavy (non-hydrogen) atoms. The highest BCUT2D eigenvalue weighted by Crippen LogP contribution is 2.23. The van der Waals surface area contributed by atoms with Crippen LogP contribution >= 0.6 is 11.6 Å². The maximum absolute atomic E-state index is 6.08. The molecule has 4 heteroatoms. The standard InChI is InChI=1S/C15H16ClNO2/c1-18-13-4-2-3-11(7-13)10-19-14-6-5-12(9-17)15(16)8-14/h2-8H,9-10,17H2,1H3. The summed E-state index contributed by atoms with van der Waals surface area (Å²) in [5.41, 5.74) is 7.51. The minimum Gasteiger partial charge on any atom is -0.497 e. The first-order chi connectivity index (χ1) is 9.22. The molecule has 3 nitrogen and oxygen atoms in total. The third-order valence-corrected chi connectivity index (χ3v) is 3.14. The first-order valence-corrected chi connectivity index (χ1v) is 6.35. The van der Waals surface area contributed by atoms with E-state index in [0.717, 1.165) is 22.6 Å². The van der Waals surface area contributed by atoms with Gasteiger partial charge in [0, 0.05) is 11.6 Å². The van der Waals surface area contributed by atoms with Crippen molar-refractivity contribution in [2.24, 2.45) is 5.73 Å². The molecule has 2 aromatic rings. The van der Waals surface area contributed by atoms with Crippen LogP contribution in [0.25, 0.3) is 0 Å². The van der Waals surface area contributed by atoms with Crippen molar-refractivity contribution in [3.05, 3.63) is 58.6 Å². The van der Waals surface area contributed by atoms with Crippen molar-refractivity contribution in [2.75, 3.05) is 7.11 Å². The maximum Gasteiger partial charge on any atom is 0.121 e. The second-order valence-electron chi connectivity index (χ2n) is 4.10. The molecule has 0 aliphatic carbocycles. The van der Waals surface area contributed by atoms with E-state index >= 15 is 0 Å². The van der Waals surface area contributed by atoms with Crippen LogP contribution in [0.4, 0.5) is 0 Å². The highest BCUT2D eigenvalue weighted by atomic mass is 35.5. The summed E-state index contributed by atoms with van der Waals surface area (Å²) in [7, 11) is 1.64. The van der Waals surface area contributed by atoms with Crippen molar-refractivity contribution in [1.82, 2.24) is 0 Å². The lowest BCUT2D eigenvalue weighted by molar-refractivity contribution is 0.305. The molecule has 0 aromatic heterocycles. The molecule has 0 spiro atoms. The fraction of sp³-hybridized carbons (Fsp3) is 0.200. The topological polar surface area (TPSA) is 44.5 Å². The molecular weight excluding hydrogens is 262 g/mol. The van der Waals surface area contributed by atoms with Gasteiger partial charge in [-0.1, -0.05) is 29.8 Å². The SMILES string of the molecule is COc1cccc(COc2ccc(CN)c(Cl)c2)c1. The van der Waals surface area contributed by atoms with Gasteiger partial charge in [0.2, 0.25) is 0 Å². The van der Waals surface area contributed by atoms with E-state index in [0.29, 0.717) is 18.2 Å². The lowest BCUT2D eigenvalue weighted by Crippen LogP contribution is -1.99. The van der Waals surface area contributed by atoms with Crippen LogP contribution in [0.1, 0.15) is 11.1 Å². The number of nitrogens with two attached hydrogens (primary N) is 1. The van der Waals surface area contributed by atoms with Crippen molar-refractivity contribution in [2.45, 2.75) is 13.2 Å². The molecule has 2 rings (SSSR count). The van der Waals surface area contributed by atoms with E-state index in [4.69, 9.17) is 26.8 Å². The van der Waals surface area contributed by atoms with Gasteiger partial charge in [0.1, 0.15) is 18.1 Å². The molecule has 0 aliphatic heterocycles. The molecule has 0 fully saturated rings. The Kier molecular flexibility index (Phi) is 4.66. The maximum atomic E-state index is 6.08. The van der Waals surface area contributed by atoms with Gasteiger partial charge in [0.25, 0.3) is 0 Å². The quantitative estimate of drug-likeness (QED) is 0.911. The Bertz CT molecular complexity index is 558. The number of hydrogen-bond acceptors (Lipinski definition) is 3. The first kappa shape index (κ1) is 13.7. The minimum atomic E-state index is 0.426. The van der Waals surface area contributed by atoms with E-state index in [2.05, 4.69) is 0 Å². The van der Waals surface area contributed by atoms with Gasteiger partial charge in [0.15, 0.2) is 0 Å².